The van der Waals surface area contributed by atoms with E-state index in [1.54, 1.807) is 0 Å². The van der Waals surface area contributed by atoms with E-state index >= 15 is 0 Å². The third kappa shape index (κ3) is 2.16. The van der Waals surface area contributed by atoms with E-state index in [0.717, 1.165) is 12.1 Å². The molecule has 2 heteroatoms. The zero-order valence-corrected chi connectivity index (χ0v) is 10.4. The van der Waals surface area contributed by atoms with Gasteiger partial charge in [0.25, 0.3) is 0 Å². The summed E-state index contributed by atoms with van der Waals surface area (Å²) in [6, 6.07) is 7.14. The minimum absolute atomic E-state index is 0.669. The standard InChI is InChI=1S/C14H22N2/c1-3-12-10-13(7-8-14(12)15)16-9-5-4-6-11(16)2/h7-8,10-11H,3-6,9,15H2,1-2H3. The molecular weight excluding hydrogens is 196 g/mol. The molecule has 0 amide bonds. The summed E-state index contributed by atoms with van der Waals surface area (Å²) in [5, 5.41) is 0. The van der Waals surface area contributed by atoms with Crippen molar-refractivity contribution in [1.29, 1.82) is 0 Å². The number of hydrogen-bond acceptors (Lipinski definition) is 2. The lowest BCUT2D eigenvalue weighted by Gasteiger charge is -2.35. The molecule has 16 heavy (non-hydrogen) atoms. The van der Waals surface area contributed by atoms with Gasteiger partial charge >= 0.3 is 0 Å². The third-order valence-electron chi connectivity index (χ3n) is 3.64. The lowest BCUT2D eigenvalue weighted by Crippen LogP contribution is -2.37. The van der Waals surface area contributed by atoms with Crippen LogP contribution < -0.4 is 10.6 Å². The van der Waals surface area contributed by atoms with E-state index < -0.39 is 0 Å². The van der Waals surface area contributed by atoms with Gasteiger partial charge in [-0.2, -0.15) is 0 Å². The second-order valence-electron chi connectivity index (χ2n) is 4.77. The summed E-state index contributed by atoms with van der Waals surface area (Å²) in [6.07, 6.45) is 5.01. The molecule has 0 saturated carbocycles. The van der Waals surface area contributed by atoms with Gasteiger partial charge in [0.1, 0.15) is 0 Å². The summed E-state index contributed by atoms with van der Waals surface area (Å²) < 4.78 is 0. The number of hydrogen-bond donors (Lipinski definition) is 1. The zero-order valence-electron chi connectivity index (χ0n) is 10.4. The van der Waals surface area contributed by atoms with Gasteiger partial charge in [0, 0.05) is 24.0 Å². The summed E-state index contributed by atoms with van der Waals surface area (Å²) in [5.74, 6) is 0. The van der Waals surface area contributed by atoms with E-state index in [2.05, 4.69) is 36.9 Å². The van der Waals surface area contributed by atoms with Gasteiger partial charge in [0.2, 0.25) is 0 Å². The van der Waals surface area contributed by atoms with Crippen molar-refractivity contribution in [3.05, 3.63) is 23.8 Å². The van der Waals surface area contributed by atoms with Crippen LogP contribution in [0.15, 0.2) is 18.2 Å². The van der Waals surface area contributed by atoms with Gasteiger partial charge in [0.05, 0.1) is 0 Å². The molecule has 1 atom stereocenters. The first kappa shape index (κ1) is 11.3. The van der Waals surface area contributed by atoms with Crippen molar-refractivity contribution in [1.82, 2.24) is 0 Å². The van der Waals surface area contributed by atoms with Gasteiger partial charge in [-0.15, -0.1) is 0 Å². The van der Waals surface area contributed by atoms with Crippen LogP contribution in [-0.2, 0) is 6.42 Å². The van der Waals surface area contributed by atoms with Gasteiger partial charge in [-0.3, -0.25) is 0 Å². The lowest BCUT2D eigenvalue weighted by molar-refractivity contribution is 0.485. The van der Waals surface area contributed by atoms with E-state index in [-0.39, 0.29) is 0 Å². The largest absolute Gasteiger partial charge is 0.399 e. The number of nitrogen functional groups attached to an aromatic ring is 1. The van der Waals surface area contributed by atoms with Crippen molar-refractivity contribution >= 4 is 11.4 Å². The molecule has 0 aromatic heterocycles. The van der Waals surface area contributed by atoms with Crippen LogP contribution >= 0.6 is 0 Å². The van der Waals surface area contributed by atoms with Crippen molar-refractivity contribution in [2.45, 2.75) is 45.6 Å². The average molecular weight is 218 g/mol. The van der Waals surface area contributed by atoms with Crippen molar-refractivity contribution < 1.29 is 0 Å². The summed E-state index contributed by atoms with van der Waals surface area (Å²) in [5.41, 5.74) is 9.49. The average Bonchev–Trinajstić information content (AvgIpc) is 2.31. The monoisotopic (exact) mass is 218 g/mol. The normalized spacial score (nSPS) is 21.1. The van der Waals surface area contributed by atoms with Crippen molar-refractivity contribution in [3.8, 4) is 0 Å². The molecule has 1 fully saturated rings. The molecule has 2 nitrogen and oxygen atoms in total. The fourth-order valence-electron chi connectivity index (χ4n) is 2.56. The molecule has 2 rings (SSSR count). The van der Waals surface area contributed by atoms with E-state index in [1.165, 1.54) is 37.1 Å². The molecule has 1 saturated heterocycles. The maximum Gasteiger partial charge on any atom is 0.0372 e. The number of aryl methyl sites for hydroxylation is 1. The highest BCUT2D eigenvalue weighted by atomic mass is 15.2. The van der Waals surface area contributed by atoms with Crippen molar-refractivity contribution in [3.63, 3.8) is 0 Å². The molecule has 0 radical (unpaired) electrons. The van der Waals surface area contributed by atoms with E-state index in [1.807, 2.05) is 0 Å². The summed E-state index contributed by atoms with van der Waals surface area (Å²) in [7, 11) is 0. The summed E-state index contributed by atoms with van der Waals surface area (Å²) in [6.45, 7) is 5.67. The number of piperidine rings is 1. The first-order chi connectivity index (χ1) is 7.72. The molecule has 1 aliphatic heterocycles. The topological polar surface area (TPSA) is 29.3 Å². The molecule has 0 aliphatic carbocycles. The first-order valence-electron chi connectivity index (χ1n) is 6.37. The van der Waals surface area contributed by atoms with Gasteiger partial charge in [-0.25, -0.2) is 0 Å². The number of anilines is 2. The minimum atomic E-state index is 0.669. The maximum atomic E-state index is 5.95. The molecule has 2 N–H and O–H groups in total. The van der Waals surface area contributed by atoms with Crippen LogP contribution in [0.5, 0.6) is 0 Å². The highest BCUT2D eigenvalue weighted by Crippen LogP contribution is 2.27. The van der Waals surface area contributed by atoms with Gasteiger partial charge in [0.15, 0.2) is 0 Å². The van der Waals surface area contributed by atoms with Gasteiger partial charge < -0.3 is 10.6 Å². The maximum absolute atomic E-state index is 5.95. The first-order valence-corrected chi connectivity index (χ1v) is 6.37. The van der Waals surface area contributed by atoms with Crippen LogP contribution in [0.2, 0.25) is 0 Å². The van der Waals surface area contributed by atoms with Crippen LogP contribution in [0.25, 0.3) is 0 Å². The highest BCUT2D eigenvalue weighted by Gasteiger charge is 2.18. The Morgan fingerprint density at radius 2 is 2.19 bits per heavy atom. The lowest BCUT2D eigenvalue weighted by atomic mass is 10.0. The quantitative estimate of drug-likeness (QED) is 0.772. The molecule has 0 spiro atoms. The van der Waals surface area contributed by atoms with Crippen LogP contribution in [0.3, 0.4) is 0 Å². The molecule has 1 aromatic rings. The van der Waals surface area contributed by atoms with Gasteiger partial charge in [-0.1, -0.05) is 6.92 Å². The molecule has 1 aliphatic rings. The van der Waals surface area contributed by atoms with Gasteiger partial charge in [-0.05, 0) is 56.4 Å². The molecule has 1 aromatic carbocycles. The Morgan fingerprint density at radius 3 is 2.88 bits per heavy atom. The SMILES string of the molecule is CCc1cc(N2CCCCC2C)ccc1N. The summed E-state index contributed by atoms with van der Waals surface area (Å²) in [4.78, 5) is 2.52. The van der Waals surface area contributed by atoms with Crippen molar-refractivity contribution in [2.75, 3.05) is 17.2 Å². The Labute approximate surface area is 98.4 Å². The Balaban J connectivity index is 2.25. The third-order valence-corrected chi connectivity index (χ3v) is 3.64. The van der Waals surface area contributed by atoms with E-state index in [9.17, 15) is 0 Å². The fourth-order valence-corrected chi connectivity index (χ4v) is 2.56. The fraction of sp³-hybridized carbons (Fsp3) is 0.571. The Kier molecular flexibility index (Phi) is 3.37. The van der Waals surface area contributed by atoms with Crippen LogP contribution in [-0.4, -0.2) is 12.6 Å². The molecule has 1 heterocycles. The van der Waals surface area contributed by atoms with E-state index in [0.29, 0.717) is 6.04 Å². The number of nitrogens with two attached hydrogens (primary N) is 1. The second-order valence-corrected chi connectivity index (χ2v) is 4.77. The molecule has 88 valence electrons. The molecule has 1 unspecified atom stereocenters. The van der Waals surface area contributed by atoms with Crippen LogP contribution in [0.1, 0.15) is 38.7 Å². The Morgan fingerprint density at radius 1 is 1.38 bits per heavy atom. The predicted molar refractivity (Wildman–Crippen MR) is 70.9 cm³/mol. The Hall–Kier alpha value is -1.18. The predicted octanol–water partition coefficient (Wildman–Crippen LogP) is 3.21. The number of rotatable bonds is 2. The number of nitrogens with zero attached hydrogens (tertiary/aromatic N) is 1. The second kappa shape index (κ2) is 4.77. The van der Waals surface area contributed by atoms with Crippen LogP contribution in [0.4, 0.5) is 11.4 Å². The molecule has 0 bridgehead atoms. The Bertz CT molecular complexity index is 360. The summed E-state index contributed by atoms with van der Waals surface area (Å²) >= 11 is 0. The van der Waals surface area contributed by atoms with Crippen molar-refractivity contribution in [2.24, 2.45) is 0 Å². The number of benzene rings is 1. The minimum Gasteiger partial charge on any atom is -0.399 e. The smallest absolute Gasteiger partial charge is 0.0372 e. The zero-order chi connectivity index (χ0) is 11.5. The highest BCUT2D eigenvalue weighted by molar-refractivity contribution is 5.59. The van der Waals surface area contributed by atoms with E-state index in [4.69, 9.17) is 5.73 Å². The van der Waals surface area contributed by atoms with Crippen LogP contribution in [0, 0.1) is 0 Å². The molecular formula is C14H22N2.